The molecule has 0 aromatic rings. The quantitative estimate of drug-likeness (QED) is 0.715. The number of rotatable bonds is 8. The van der Waals surface area contributed by atoms with Crippen molar-refractivity contribution in [3.63, 3.8) is 0 Å². The molecule has 1 heterocycles. The van der Waals surface area contributed by atoms with Crippen molar-refractivity contribution in [1.82, 2.24) is 15.1 Å². The van der Waals surface area contributed by atoms with E-state index in [2.05, 4.69) is 36.0 Å². The standard InChI is InChI=1S/C17H35N3O/c1-4-16-13-19(3)10-6-12-20(16)11-5-9-17(2,14-21)18-15-7-8-15/h15-16,18,21H,4-14H2,1-3H3. The van der Waals surface area contributed by atoms with Gasteiger partial charge in [-0.15, -0.1) is 0 Å². The van der Waals surface area contributed by atoms with Crippen LogP contribution in [0.5, 0.6) is 0 Å². The van der Waals surface area contributed by atoms with E-state index in [0.29, 0.717) is 12.1 Å². The Morgan fingerprint density at radius 2 is 2.05 bits per heavy atom. The zero-order valence-electron chi connectivity index (χ0n) is 14.3. The molecule has 21 heavy (non-hydrogen) atoms. The Morgan fingerprint density at radius 3 is 2.67 bits per heavy atom. The third-order valence-electron chi connectivity index (χ3n) is 5.15. The summed E-state index contributed by atoms with van der Waals surface area (Å²) in [6, 6.07) is 1.37. The number of nitrogens with zero attached hydrogens (tertiary/aromatic N) is 2. The van der Waals surface area contributed by atoms with E-state index in [1.54, 1.807) is 0 Å². The highest BCUT2D eigenvalue weighted by Gasteiger charge is 2.32. The minimum Gasteiger partial charge on any atom is -0.394 e. The predicted molar refractivity (Wildman–Crippen MR) is 88.6 cm³/mol. The van der Waals surface area contributed by atoms with E-state index < -0.39 is 0 Å². The lowest BCUT2D eigenvalue weighted by atomic mass is 9.96. The molecule has 1 aliphatic carbocycles. The largest absolute Gasteiger partial charge is 0.394 e. The van der Waals surface area contributed by atoms with Crippen LogP contribution in [-0.4, -0.2) is 72.4 Å². The summed E-state index contributed by atoms with van der Waals surface area (Å²) in [5.74, 6) is 0. The fourth-order valence-electron chi connectivity index (χ4n) is 3.56. The van der Waals surface area contributed by atoms with E-state index in [0.717, 1.165) is 6.42 Å². The van der Waals surface area contributed by atoms with Crippen LogP contribution in [0, 0.1) is 0 Å². The minimum atomic E-state index is -0.0779. The molecule has 0 bridgehead atoms. The van der Waals surface area contributed by atoms with Crippen LogP contribution in [0.2, 0.25) is 0 Å². The second kappa shape index (κ2) is 7.91. The Hall–Kier alpha value is -0.160. The van der Waals surface area contributed by atoms with Crippen molar-refractivity contribution in [2.75, 3.05) is 39.8 Å². The molecule has 0 amide bonds. The second-order valence-electron chi connectivity index (χ2n) is 7.45. The molecule has 0 spiro atoms. The lowest BCUT2D eigenvalue weighted by molar-refractivity contribution is 0.142. The van der Waals surface area contributed by atoms with Crippen molar-refractivity contribution >= 4 is 0 Å². The van der Waals surface area contributed by atoms with E-state index in [9.17, 15) is 5.11 Å². The molecule has 1 saturated carbocycles. The fourth-order valence-corrected chi connectivity index (χ4v) is 3.56. The third kappa shape index (κ3) is 5.51. The van der Waals surface area contributed by atoms with Gasteiger partial charge in [-0.2, -0.15) is 0 Å². The highest BCUT2D eigenvalue weighted by Crippen LogP contribution is 2.25. The maximum Gasteiger partial charge on any atom is 0.0610 e. The minimum absolute atomic E-state index is 0.0779. The summed E-state index contributed by atoms with van der Waals surface area (Å²) in [5.41, 5.74) is -0.0779. The van der Waals surface area contributed by atoms with Gasteiger partial charge in [-0.25, -0.2) is 0 Å². The zero-order chi connectivity index (χ0) is 15.3. The highest BCUT2D eigenvalue weighted by atomic mass is 16.3. The van der Waals surface area contributed by atoms with Crippen molar-refractivity contribution < 1.29 is 5.11 Å². The lowest BCUT2D eigenvalue weighted by Gasteiger charge is -2.33. The monoisotopic (exact) mass is 297 g/mol. The number of aliphatic hydroxyl groups is 1. The van der Waals surface area contributed by atoms with Gasteiger partial charge >= 0.3 is 0 Å². The summed E-state index contributed by atoms with van der Waals surface area (Å²) < 4.78 is 0. The van der Waals surface area contributed by atoms with Crippen molar-refractivity contribution in [3.05, 3.63) is 0 Å². The summed E-state index contributed by atoms with van der Waals surface area (Å²) in [6.07, 6.45) is 7.34. The summed E-state index contributed by atoms with van der Waals surface area (Å²) >= 11 is 0. The van der Waals surface area contributed by atoms with Gasteiger partial charge in [-0.3, -0.25) is 4.90 Å². The van der Waals surface area contributed by atoms with Gasteiger partial charge < -0.3 is 15.3 Å². The Morgan fingerprint density at radius 1 is 1.29 bits per heavy atom. The molecule has 2 unspecified atom stereocenters. The van der Waals surface area contributed by atoms with Crippen molar-refractivity contribution in [2.45, 2.75) is 70.0 Å². The summed E-state index contributed by atoms with van der Waals surface area (Å²) in [7, 11) is 2.24. The molecule has 124 valence electrons. The predicted octanol–water partition coefficient (Wildman–Crippen LogP) is 1.69. The van der Waals surface area contributed by atoms with Crippen LogP contribution in [0.1, 0.15) is 52.4 Å². The summed E-state index contributed by atoms with van der Waals surface area (Å²) in [4.78, 5) is 5.15. The highest BCUT2D eigenvalue weighted by molar-refractivity contribution is 4.92. The Labute approximate surface area is 130 Å². The van der Waals surface area contributed by atoms with Crippen LogP contribution < -0.4 is 5.32 Å². The molecule has 4 heteroatoms. The van der Waals surface area contributed by atoms with Gasteiger partial charge in [-0.05, 0) is 72.1 Å². The van der Waals surface area contributed by atoms with E-state index in [1.165, 1.54) is 58.3 Å². The topological polar surface area (TPSA) is 38.7 Å². The molecule has 2 rings (SSSR count). The van der Waals surface area contributed by atoms with Crippen molar-refractivity contribution in [2.24, 2.45) is 0 Å². The van der Waals surface area contributed by atoms with E-state index in [4.69, 9.17) is 0 Å². The van der Waals surface area contributed by atoms with Crippen LogP contribution in [0.3, 0.4) is 0 Å². The molecule has 0 aromatic carbocycles. The average molecular weight is 297 g/mol. The molecular formula is C17H35N3O. The van der Waals surface area contributed by atoms with Gasteiger partial charge in [-0.1, -0.05) is 6.92 Å². The van der Waals surface area contributed by atoms with E-state index in [-0.39, 0.29) is 12.1 Å². The van der Waals surface area contributed by atoms with Crippen LogP contribution in [-0.2, 0) is 0 Å². The van der Waals surface area contributed by atoms with Crippen LogP contribution in [0.4, 0.5) is 0 Å². The number of aliphatic hydroxyl groups excluding tert-OH is 1. The van der Waals surface area contributed by atoms with Gasteiger partial charge in [0.05, 0.1) is 6.61 Å². The number of hydrogen-bond donors (Lipinski definition) is 2. The molecule has 2 fully saturated rings. The summed E-state index contributed by atoms with van der Waals surface area (Å²) in [6.45, 7) is 9.58. The summed E-state index contributed by atoms with van der Waals surface area (Å²) in [5, 5.41) is 13.3. The first-order chi connectivity index (χ1) is 10.1. The fraction of sp³-hybridized carbons (Fsp3) is 1.00. The molecule has 2 N–H and O–H groups in total. The average Bonchev–Trinajstić information content (AvgIpc) is 3.27. The first-order valence-corrected chi connectivity index (χ1v) is 8.87. The number of likely N-dealkylation sites (N-methyl/N-ethyl adjacent to an activating group) is 1. The van der Waals surface area contributed by atoms with Crippen molar-refractivity contribution in [1.29, 1.82) is 0 Å². The maximum atomic E-state index is 9.69. The molecule has 1 saturated heterocycles. The molecule has 4 nitrogen and oxygen atoms in total. The normalized spacial score (nSPS) is 28.3. The Balaban J connectivity index is 1.77. The van der Waals surface area contributed by atoms with Gasteiger partial charge in [0.2, 0.25) is 0 Å². The van der Waals surface area contributed by atoms with Gasteiger partial charge in [0.25, 0.3) is 0 Å². The van der Waals surface area contributed by atoms with E-state index >= 15 is 0 Å². The first kappa shape index (κ1) is 17.2. The van der Waals surface area contributed by atoms with Gasteiger partial charge in [0.1, 0.15) is 0 Å². The van der Waals surface area contributed by atoms with Gasteiger partial charge in [0.15, 0.2) is 0 Å². The molecule has 0 aromatic heterocycles. The van der Waals surface area contributed by atoms with Crippen LogP contribution in [0.25, 0.3) is 0 Å². The second-order valence-corrected chi connectivity index (χ2v) is 7.45. The Kier molecular flexibility index (Phi) is 6.48. The number of hydrogen-bond acceptors (Lipinski definition) is 4. The van der Waals surface area contributed by atoms with Crippen LogP contribution >= 0.6 is 0 Å². The molecule has 2 atom stereocenters. The molecule has 1 aliphatic heterocycles. The Bertz CT molecular complexity index is 308. The first-order valence-electron chi connectivity index (χ1n) is 8.87. The van der Waals surface area contributed by atoms with Crippen LogP contribution in [0.15, 0.2) is 0 Å². The lowest BCUT2D eigenvalue weighted by Crippen LogP contribution is -2.48. The number of nitrogens with one attached hydrogen (secondary N) is 1. The van der Waals surface area contributed by atoms with Gasteiger partial charge in [0, 0.05) is 24.2 Å². The molecule has 2 aliphatic rings. The SMILES string of the molecule is CCC1CN(C)CCCN1CCCC(C)(CO)NC1CC1. The zero-order valence-corrected chi connectivity index (χ0v) is 14.3. The molecule has 0 radical (unpaired) electrons. The van der Waals surface area contributed by atoms with Crippen molar-refractivity contribution in [3.8, 4) is 0 Å². The smallest absolute Gasteiger partial charge is 0.0610 e. The van der Waals surface area contributed by atoms with E-state index in [1.807, 2.05) is 0 Å². The maximum absolute atomic E-state index is 9.69. The molecular weight excluding hydrogens is 262 g/mol. The third-order valence-corrected chi connectivity index (χ3v) is 5.15.